The van der Waals surface area contributed by atoms with Gasteiger partial charge in [-0.05, 0) is 47.0 Å². The van der Waals surface area contributed by atoms with Crippen LogP contribution in [0.15, 0.2) is 34.9 Å². The molecule has 9 heteroatoms. The molecule has 1 aliphatic heterocycles. The molecule has 1 aliphatic carbocycles. The van der Waals surface area contributed by atoms with E-state index in [4.69, 9.17) is 14.0 Å². The minimum absolute atomic E-state index is 0.259. The highest BCUT2D eigenvalue weighted by atomic mass is 19.4. The van der Waals surface area contributed by atoms with Gasteiger partial charge in [-0.1, -0.05) is 18.2 Å². The quantitative estimate of drug-likeness (QED) is 0.837. The smallest absolute Gasteiger partial charge is 0.478 e. The van der Waals surface area contributed by atoms with Crippen LogP contribution in [0.5, 0.6) is 11.6 Å². The van der Waals surface area contributed by atoms with Crippen LogP contribution in [-0.2, 0) is 4.74 Å². The molecule has 0 spiro atoms. The van der Waals surface area contributed by atoms with E-state index in [1.165, 1.54) is 19.2 Å². The Labute approximate surface area is 165 Å². The lowest BCUT2D eigenvalue weighted by Crippen LogP contribution is -2.30. The fraction of sp³-hybridized carbons (Fsp3) is 0.350. The number of nitrogens with zero attached hydrogens (tertiary/aromatic N) is 1. The maximum Gasteiger partial charge on any atom is 0.573 e. The van der Waals surface area contributed by atoms with E-state index in [2.05, 4.69) is 15.2 Å². The fourth-order valence-corrected chi connectivity index (χ4v) is 2.80. The zero-order chi connectivity index (χ0) is 20.7. The molecule has 1 aromatic heterocycles. The van der Waals surface area contributed by atoms with Crippen molar-refractivity contribution in [2.45, 2.75) is 12.8 Å². The molecule has 0 radical (unpaired) electrons. The summed E-state index contributed by atoms with van der Waals surface area (Å²) in [7, 11) is 1.49. The number of rotatable bonds is 3. The average Bonchev–Trinajstić information content (AvgIpc) is 2.97. The van der Waals surface area contributed by atoms with Gasteiger partial charge in [-0.15, -0.1) is 13.2 Å². The van der Waals surface area contributed by atoms with Gasteiger partial charge in [0.05, 0.1) is 25.5 Å². The van der Waals surface area contributed by atoms with Crippen molar-refractivity contribution >= 4 is 17.7 Å². The summed E-state index contributed by atoms with van der Waals surface area (Å²) >= 11 is 0. The summed E-state index contributed by atoms with van der Waals surface area (Å²) in [6, 6.07) is 5.68. The molecule has 1 aromatic carbocycles. The van der Waals surface area contributed by atoms with Crippen LogP contribution in [0.2, 0.25) is 0 Å². The molecule has 2 heterocycles. The first-order valence-electron chi connectivity index (χ1n) is 9.02. The Kier molecular flexibility index (Phi) is 6.95. The Balaban J connectivity index is 0.000000343. The molecule has 29 heavy (non-hydrogen) atoms. The van der Waals surface area contributed by atoms with Crippen molar-refractivity contribution in [3.8, 4) is 11.6 Å². The zero-order valence-electron chi connectivity index (χ0n) is 15.8. The molecule has 0 amide bonds. The molecule has 1 saturated heterocycles. The summed E-state index contributed by atoms with van der Waals surface area (Å²) < 4.78 is 55.8. The van der Waals surface area contributed by atoms with E-state index in [0.717, 1.165) is 37.4 Å². The van der Waals surface area contributed by atoms with Gasteiger partial charge in [-0.3, -0.25) is 0 Å². The van der Waals surface area contributed by atoms with E-state index in [1.54, 1.807) is 12.1 Å². The van der Waals surface area contributed by atoms with Crippen molar-refractivity contribution in [1.82, 2.24) is 10.5 Å². The first-order valence-corrected chi connectivity index (χ1v) is 9.02. The summed E-state index contributed by atoms with van der Waals surface area (Å²) in [6.45, 7) is 3.83. The highest BCUT2D eigenvalue weighted by molar-refractivity contribution is 5.89. The predicted molar refractivity (Wildman–Crippen MR) is 101 cm³/mol. The number of benzene rings is 1. The number of methoxy groups -OCH3 is 1. The number of alkyl halides is 3. The number of hydrogen-bond acceptors (Lipinski definition) is 6. The van der Waals surface area contributed by atoms with Crippen LogP contribution in [0, 0.1) is 0 Å². The molecule has 0 saturated carbocycles. The Bertz CT molecular complexity index is 934. The first kappa shape index (κ1) is 20.9. The van der Waals surface area contributed by atoms with E-state index in [1.807, 2.05) is 18.2 Å². The maximum absolute atomic E-state index is 12.2. The van der Waals surface area contributed by atoms with Crippen LogP contribution in [-0.4, -0.2) is 44.9 Å². The third-order valence-corrected chi connectivity index (χ3v) is 4.12. The van der Waals surface area contributed by atoms with E-state index in [-0.39, 0.29) is 5.75 Å². The van der Waals surface area contributed by atoms with Crippen LogP contribution in [0.3, 0.4) is 0 Å². The van der Waals surface area contributed by atoms with Gasteiger partial charge in [-0.2, -0.15) is 0 Å². The number of allylic oxidation sites excluding steroid dienone is 2. The van der Waals surface area contributed by atoms with Crippen molar-refractivity contribution in [2.75, 3.05) is 33.4 Å². The number of aromatic nitrogens is 1. The van der Waals surface area contributed by atoms with Crippen LogP contribution in [0.4, 0.5) is 13.2 Å². The van der Waals surface area contributed by atoms with Crippen molar-refractivity contribution in [1.29, 1.82) is 0 Å². The number of ether oxygens (including phenoxy) is 3. The fourth-order valence-electron chi connectivity index (χ4n) is 2.80. The topological polar surface area (TPSA) is 65.8 Å². The molecule has 156 valence electrons. The standard InChI is InChI=1S/C16H12F3NO3.C4H9NO/c1-21-15-13-9-11(3-2-4-14(13)23-20-15)10-5-7-12(8-6-10)22-16(17,18)19;1-3-6-4-2-5-1/h3-9H,2H2,1H3;5H,1-4H2. The molecule has 2 aromatic rings. The summed E-state index contributed by atoms with van der Waals surface area (Å²) in [5.74, 6) is 0.103. The van der Waals surface area contributed by atoms with E-state index >= 15 is 0 Å². The lowest BCUT2D eigenvalue weighted by Gasteiger charge is -2.10. The monoisotopic (exact) mass is 410 g/mol. The van der Waals surface area contributed by atoms with Crippen molar-refractivity contribution in [3.05, 3.63) is 46.5 Å². The van der Waals surface area contributed by atoms with Crippen LogP contribution in [0.1, 0.15) is 12.0 Å². The van der Waals surface area contributed by atoms with Gasteiger partial charge in [0.25, 0.3) is 5.88 Å². The number of halogens is 3. The lowest BCUT2D eigenvalue weighted by atomic mass is 10.0. The van der Waals surface area contributed by atoms with Crippen molar-refractivity contribution in [2.24, 2.45) is 0 Å². The average molecular weight is 410 g/mol. The second kappa shape index (κ2) is 9.62. The Morgan fingerprint density at radius 2 is 1.79 bits per heavy atom. The summed E-state index contributed by atoms with van der Waals surface area (Å²) in [6.07, 6.45) is 1.53. The summed E-state index contributed by atoms with van der Waals surface area (Å²) in [5.41, 5.74) is 2.19. The van der Waals surface area contributed by atoms with Gasteiger partial charge in [0.15, 0.2) is 5.42 Å². The van der Waals surface area contributed by atoms with Gasteiger partial charge in [0.1, 0.15) is 5.75 Å². The Hall–Kier alpha value is -2.78. The normalized spacial score (nSPS) is 16.1. The molecular weight excluding hydrogens is 389 g/mol. The predicted octanol–water partition coefficient (Wildman–Crippen LogP) is 2.24. The maximum atomic E-state index is 12.2. The van der Waals surface area contributed by atoms with Gasteiger partial charge < -0.3 is 24.1 Å². The second-order valence-electron chi connectivity index (χ2n) is 6.15. The van der Waals surface area contributed by atoms with Crippen LogP contribution < -0.4 is 25.4 Å². The minimum Gasteiger partial charge on any atom is -0.478 e. The van der Waals surface area contributed by atoms with E-state index in [9.17, 15) is 13.2 Å². The highest BCUT2D eigenvalue weighted by Gasteiger charge is 2.30. The highest BCUT2D eigenvalue weighted by Crippen LogP contribution is 2.25. The van der Waals surface area contributed by atoms with E-state index in [0.29, 0.717) is 22.9 Å². The number of nitrogens with one attached hydrogen (secondary N) is 1. The Morgan fingerprint density at radius 3 is 2.34 bits per heavy atom. The zero-order valence-corrected chi connectivity index (χ0v) is 15.8. The Morgan fingerprint density at radius 1 is 1.07 bits per heavy atom. The molecule has 1 fully saturated rings. The van der Waals surface area contributed by atoms with Gasteiger partial charge in [-0.25, -0.2) is 0 Å². The number of fused-ring (bicyclic) bond motifs is 1. The first-order chi connectivity index (χ1) is 14.0. The van der Waals surface area contributed by atoms with E-state index < -0.39 is 6.36 Å². The molecular formula is C20H21F3N2O4. The molecule has 1 N–H and O–H groups in total. The lowest BCUT2D eigenvalue weighted by molar-refractivity contribution is -0.274. The molecule has 2 aliphatic rings. The van der Waals surface area contributed by atoms with Crippen molar-refractivity contribution < 1.29 is 31.9 Å². The number of morpholine rings is 1. The number of hydrogen-bond donors (Lipinski definition) is 1. The molecule has 6 nitrogen and oxygen atoms in total. The van der Waals surface area contributed by atoms with Crippen molar-refractivity contribution in [3.63, 3.8) is 0 Å². The molecule has 0 bridgehead atoms. The van der Waals surface area contributed by atoms with Crippen LogP contribution in [0.25, 0.3) is 17.7 Å². The SMILES string of the molecule is C1COCCN1.COc1noc2c1=CC(c1ccc(OC(F)(F)F)cc1)=CCC=2. The third-order valence-electron chi connectivity index (χ3n) is 4.12. The van der Waals surface area contributed by atoms with Gasteiger partial charge in [0.2, 0.25) is 0 Å². The molecule has 0 atom stereocenters. The molecule has 4 rings (SSSR count). The molecule has 0 unspecified atom stereocenters. The second-order valence-corrected chi connectivity index (χ2v) is 6.15. The third kappa shape index (κ3) is 6.10. The largest absolute Gasteiger partial charge is 0.573 e. The van der Waals surface area contributed by atoms with Gasteiger partial charge >= 0.3 is 6.36 Å². The summed E-state index contributed by atoms with van der Waals surface area (Å²) in [5, 5.41) is 7.67. The summed E-state index contributed by atoms with van der Waals surface area (Å²) in [4.78, 5) is 0. The minimum atomic E-state index is -4.70. The van der Waals surface area contributed by atoms with Gasteiger partial charge in [0, 0.05) is 13.1 Å². The van der Waals surface area contributed by atoms with Crippen LogP contribution >= 0.6 is 0 Å².